The van der Waals surface area contributed by atoms with Crippen molar-refractivity contribution in [1.82, 2.24) is 4.98 Å². The molecule has 0 bridgehead atoms. The van der Waals surface area contributed by atoms with Crippen LogP contribution in [0.2, 0.25) is 0 Å². The van der Waals surface area contributed by atoms with Gasteiger partial charge in [-0.2, -0.15) is 0 Å². The summed E-state index contributed by atoms with van der Waals surface area (Å²) in [6, 6.07) is 14.9. The van der Waals surface area contributed by atoms with Gasteiger partial charge in [0.25, 0.3) is 0 Å². The molecule has 1 amide bonds. The number of hydrogen-bond acceptors (Lipinski definition) is 4. The first-order valence-corrected chi connectivity index (χ1v) is 7.56. The van der Waals surface area contributed by atoms with Crippen LogP contribution in [0, 0.1) is 13.8 Å². The summed E-state index contributed by atoms with van der Waals surface area (Å²) in [4.78, 5) is 16.7. The Hall–Kier alpha value is -3.08. The molecule has 0 unspecified atom stereocenters. The van der Waals surface area contributed by atoms with Gasteiger partial charge in [0, 0.05) is 11.1 Å². The molecular formula is C19H18N2O3. The lowest BCUT2D eigenvalue weighted by Gasteiger charge is -2.12. The number of nitrogens with one attached hydrogen (secondary N) is 1. The van der Waals surface area contributed by atoms with Crippen molar-refractivity contribution in [3.8, 4) is 11.5 Å². The van der Waals surface area contributed by atoms with Crippen LogP contribution in [-0.4, -0.2) is 18.2 Å². The van der Waals surface area contributed by atoms with Gasteiger partial charge in [-0.3, -0.25) is 5.32 Å². The third kappa shape index (κ3) is 3.30. The van der Waals surface area contributed by atoms with Crippen molar-refractivity contribution >= 4 is 22.7 Å². The number of carbonyl (C=O) groups is 1. The van der Waals surface area contributed by atoms with Crippen LogP contribution in [0.3, 0.4) is 0 Å². The van der Waals surface area contributed by atoms with Gasteiger partial charge < -0.3 is 9.47 Å². The molecule has 1 aromatic heterocycles. The Morgan fingerprint density at radius 3 is 2.67 bits per heavy atom. The number of hydrogen-bond donors (Lipinski definition) is 1. The number of aromatic nitrogens is 1. The minimum absolute atomic E-state index is 0.417. The molecule has 0 saturated heterocycles. The smallest absolute Gasteiger partial charge is 0.417 e. The molecule has 2 aromatic carbocycles. The molecule has 0 radical (unpaired) electrons. The number of para-hydroxylation sites is 1. The number of benzene rings is 2. The molecule has 0 spiro atoms. The maximum Gasteiger partial charge on any atom is 0.417 e. The predicted molar refractivity (Wildman–Crippen MR) is 93.9 cm³/mol. The molecule has 1 N–H and O–H groups in total. The van der Waals surface area contributed by atoms with Gasteiger partial charge in [0.1, 0.15) is 11.3 Å². The molecule has 0 aliphatic heterocycles. The van der Waals surface area contributed by atoms with Crippen molar-refractivity contribution in [3.05, 3.63) is 59.8 Å². The fourth-order valence-corrected chi connectivity index (χ4v) is 2.45. The molecule has 24 heavy (non-hydrogen) atoms. The normalized spacial score (nSPS) is 10.5. The average Bonchev–Trinajstić information content (AvgIpc) is 2.55. The average molecular weight is 322 g/mol. The Kier molecular flexibility index (Phi) is 4.33. The molecule has 0 aliphatic rings. The van der Waals surface area contributed by atoms with Crippen LogP contribution in [0.1, 0.15) is 11.3 Å². The van der Waals surface area contributed by atoms with E-state index in [2.05, 4.69) is 10.3 Å². The lowest BCUT2D eigenvalue weighted by molar-refractivity contribution is 0.215. The van der Waals surface area contributed by atoms with Crippen LogP contribution in [0.4, 0.5) is 10.5 Å². The molecule has 5 heteroatoms. The third-order valence-corrected chi connectivity index (χ3v) is 3.62. The summed E-state index contributed by atoms with van der Waals surface area (Å²) in [6.07, 6.45) is -0.588. The first kappa shape index (κ1) is 15.8. The van der Waals surface area contributed by atoms with E-state index < -0.39 is 6.09 Å². The Morgan fingerprint density at radius 2 is 1.88 bits per heavy atom. The SMILES string of the molecule is COc1ccc(C)cc1NC(=O)Oc1cccc2ccc(C)nc12. The van der Waals surface area contributed by atoms with Gasteiger partial charge >= 0.3 is 6.09 Å². The van der Waals surface area contributed by atoms with E-state index in [4.69, 9.17) is 9.47 Å². The summed E-state index contributed by atoms with van der Waals surface area (Å²) in [5.41, 5.74) is 3.09. The van der Waals surface area contributed by atoms with Crippen LogP contribution in [-0.2, 0) is 0 Å². The molecule has 3 rings (SSSR count). The van der Waals surface area contributed by atoms with Gasteiger partial charge in [0.15, 0.2) is 5.75 Å². The highest BCUT2D eigenvalue weighted by Gasteiger charge is 2.12. The lowest BCUT2D eigenvalue weighted by atomic mass is 10.2. The summed E-state index contributed by atoms with van der Waals surface area (Å²) in [6.45, 7) is 3.83. The van der Waals surface area contributed by atoms with E-state index in [1.54, 1.807) is 19.2 Å². The number of ether oxygens (including phenoxy) is 2. The number of anilines is 1. The fourth-order valence-electron chi connectivity index (χ4n) is 2.45. The molecule has 0 aliphatic carbocycles. The molecule has 5 nitrogen and oxygen atoms in total. The molecule has 1 heterocycles. The van der Waals surface area contributed by atoms with E-state index in [9.17, 15) is 4.79 Å². The predicted octanol–water partition coefficient (Wildman–Crippen LogP) is 4.47. The summed E-state index contributed by atoms with van der Waals surface area (Å²) in [5.74, 6) is 0.991. The molecule has 0 saturated carbocycles. The fraction of sp³-hybridized carbons (Fsp3) is 0.158. The third-order valence-electron chi connectivity index (χ3n) is 3.62. The van der Waals surface area contributed by atoms with E-state index >= 15 is 0 Å². The quantitative estimate of drug-likeness (QED) is 0.773. The van der Waals surface area contributed by atoms with Crippen molar-refractivity contribution in [2.24, 2.45) is 0 Å². The van der Waals surface area contributed by atoms with Crippen LogP contribution >= 0.6 is 0 Å². The van der Waals surface area contributed by atoms with Gasteiger partial charge in [-0.25, -0.2) is 9.78 Å². The van der Waals surface area contributed by atoms with Gasteiger partial charge in [-0.15, -0.1) is 0 Å². The van der Waals surface area contributed by atoms with Gasteiger partial charge in [-0.05, 0) is 43.7 Å². The van der Waals surface area contributed by atoms with E-state index in [1.165, 1.54) is 0 Å². The number of fused-ring (bicyclic) bond motifs is 1. The summed E-state index contributed by atoms with van der Waals surface area (Å²) >= 11 is 0. The maximum atomic E-state index is 12.3. The van der Waals surface area contributed by atoms with Crippen molar-refractivity contribution < 1.29 is 14.3 Å². The zero-order valence-corrected chi connectivity index (χ0v) is 13.8. The minimum atomic E-state index is -0.588. The van der Waals surface area contributed by atoms with Crippen molar-refractivity contribution in [3.63, 3.8) is 0 Å². The highest BCUT2D eigenvalue weighted by atomic mass is 16.6. The molecule has 0 atom stereocenters. The standard InChI is InChI=1S/C19H18N2O3/c1-12-7-10-16(23-3)15(11-12)21-19(22)24-17-6-4-5-14-9-8-13(2)20-18(14)17/h4-11H,1-3H3,(H,21,22). The number of aryl methyl sites for hydroxylation is 2. The summed E-state index contributed by atoms with van der Waals surface area (Å²) in [5, 5.41) is 3.63. The van der Waals surface area contributed by atoms with E-state index in [0.29, 0.717) is 22.7 Å². The lowest BCUT2D eigenvalue weighted by Crippen LogP contribution is -2.17. The summed E-state index contributed by atoms with van der Waals surface area (Å²) in [7, 11) is 1.55. The van der Waals surface area contributed by atoms with Crippen LogP contribution in [0.5, 0.6) is 11.5 Å². The second-order valence-electron chi connectivity index (χ2n) is 5.50. The number of rotatable bonds is 3. The van der Waals surface area contributed by atoms with Crippen LogP contribution in [0.15, 0.2) is 48.5 Å². The monoisotopic (exact) mass is 322 g/mol. The highest BCUT2D eigenvalue weighted by Crippen LogP contribution is 2.27. The molecule has 0 fully saturated rings. The minimum Gasteiger partial charge on any atom is -0.495 e. The number of amides is 1. The zero-order chi connectivity index (χ0) is 17.1. The second kappa shape index (κ2) is 6.58. The Labute approximate surface area is 140 Å². The first-order chi connectivity index (χ1) is 11.6. The maximum absolute atomic E-state index is 12.3. The van der Waals surface area contributed by atoms with Crippen molar-refractivity contribution in [2.75, 3.05) is 12.4 Å². The van der Waals surface area contributed by atoms with Crippen molar-refractivity contribution in [1.29, 1.82) is 0 Å². The summed E-state index contributed by atoms with van der Waals surface area (Å²) < 4.78 is 10.7. The topological polar surface area (TPSA) is 60.5 Å². The number of methoxy groups -OCH3 is 1. The second-order valence-corrected chi connectivity index (χ2v) is 5.50. The molecule has 122 valence electrons. The van der Waals surface area contributed by atoms with E-state index in [1.807, 2.05) is 50.2 Å². The number of nitrogens with zero attached hydrogens (tertiary/aromatic N) is 1. The van der Waals surface area contributed by atoms with Gasteiger partial charge in [-0.1, -0.05) is 24.3 Å². The van der Waals surface area contributed by atoms with E-state index in [-0.39, 0.29) is 0 Å². The molecule has 3 aromatic rings. The molecular weight excluding hydrogens is 304 g/mol. The van der Waals surface area contributed by atoms with Crippen LogP contribution < -0.4 is 14.8 Å². The largest absolute Gasteiger partial charge is 0.495 e. The Bertz CT molecular complexity index is 906. The number of pyridine rings is 1. The van der Waals surface area contributed by atoms with Gasteiger partial charge in [0.05, 0.1) is 12.8 Å². The highest BCUT2D eigenvalue weighted by molar-refractivity contribution is 5.92. The first-order valence-electron chi connectivity index (χ1n) is 7.56. The van der Waals surface area contributed by atoms with E-state index in [0.717, 1.165) is 16.6 Å². The van der Waals surface area contributed by atoms with Gasteiger partial charge in [0.2, 0.25) is 0 Å². The van der Waals surface area contributed by atoms with Crippen LogP contribution in [0.25, 0.3) is 10.9 Å². The Morgan fingerprint density at radius 1 is 1.04 bits per heavy atom. The zero-order valence-electron chi connectivity index (χ0n) is 13.8. The van der Waals surface area contributed by atoms with Crippen molar-refractivity contribution in [2.45, 2.75) is 13.8 Å². The number of carbonyl (C=O) groups excluding carboxylic acids is 1. The Balaban J connectivity index is 1.86.